The van der Waals surface area contributed by atoms with E-state index >= 15 is 0 Å². The fourth-order valence-corrected chi connectivity index (χ4v) is 3.15. The Bertz CT molecular complexity index is 753. The van der Waals surface area contributed by atoms with Crippen LogP contribution in [0.5, 0.6) is 0 Å². The van der Waals surface area contributed by atoms with E-state index in [-0.39, 0.29) is 11.8 Å². The van der Waals surface area contributed by atoms with Crippen LogP contribution < -0.4 is 10.2 Å². The molecule has 3 rings (SSSR count). The Hall–Kier alpha value is -2.62. The van der Waals surface area contributed by atoms with Crippen molar-refractivity contribution in [2.75, 3.05) is 18.0 Å². The summed E-state index contributed by atoms with van der Waals surface area (Å²) in [6.07, 6.45) is 4.00. The minimum Gasteiger partial charge on any atom is -0.352 e. The fourth-order valence-electron chi connectivity index (χ4n) is 3.15. The Morgan fingerprint density at radius 1 is 1.04 bits per heavy atom. The van der Waals surface area contributed by atoms with Crippen LogP contribution in [0.15, 0.2) is 48.5 Å². The van der Waals surface area contributed by atoms with Crippen LogP contribution in [0.3, 0.4) is 0 Å². The zero-order valence-corrected chi connectivity index (χ0v) is 14.6. The molecule has 2 aromatic rings. The lowest BCUT2D eigenvalue weighted by Crippen LogP contribution is -2.35. The van der Waals surface area contributed by atoms with Gasteiger partial charge in [0.2, 0.25) is 0 Å². The number of rotatable bonds is 5. The van der Waals surface area contributed by atoms with Gasteiger partial charge in [-0.25, -0.2) is 0 Å². The second-order valence-corrected chi connectivity index (χ2v) is 6.38. The van der Waals surface area contributed by atoms with Crippen molar-refractivity contribution in [3.63, 3.8) is 0 Å². The number of nitrogens with one attached hydrogen (secondary N) is 1. The average molecular weight is 336 g/mol. The molecule has 1 heterocycles. The topological polar surface area (TPSA) is 49.4 Å². The molecule has 0 spiro atoms. The summed E-state index contributed by atoms with van der Waals surface area (Å²) in [5, 5.41) is 2.89. The third kappa shape index (κ3) is 3.90. The van der Waals surface area contributed by atoms with Gasteiger partial charge in [0.15, 0.2) is 0 Å². The predicted molar refractivity (Wildman–Crippen MR) is 100 cm³/mol. The van der Waals surface area contributed by atoms with Crippen molar-refractivity contribution in [1.82, 2.24) is 5.32 Å². The SMILES string of the molecule is CCCCNC(=O)c1ccc(C(=O)N2CCCc3ccccc32)cc1. The van der Waals surface area contributed by atoms with Crippen LogP contribution in [-0.2, 0) is 6.42 Å². The molecule has 0 saturated heterocycles. The lowest BCUT2D eigenvalue weighted by Gasteiger charge is -2.29. The molecule has 1 aliphatic rings. The molecule has 4 heteroatoms. The molecule has 0 bridgehead atoms. The van der Waals surface area contributed by atoms with Gasteiger partial charge in [0.05, 0.1) is 0 Å². The number of para-hydroxylation sites is 1. The van der Waals surface area contributed by atoms with Gasteiger partial charge in [-0.2, -0.15) is 0 Å². The smallest absolute Gasteiger partial charge is 0.258 e. The van der Waals surface area contributed by atoms with E-state index in [9.17, 15) is 9.59 Å². The lowest BCUT2D eigenvalue weighted by atomic mass is 10.0. The number of carbonyl (C=O) groups excluding carboxylic acids is 2. The summed E-state index contributed by atoms with van der Waals surface area (Å²) in [6.45, 7) is 3.50. The average Bonchev–Trinajstić information content (AvgIpc) is 2.67. The van der Waals surface area contributed by atoms with Gasteiger partial charge in [0.25, 0.3) is 11.8 Å². The highest BCUT2D eigenvalue weighted by Gasteiger charge is 2.23. The van der Waals surface area contributed by atoms with Gasteiger partial charge in [0, 0.05) is 29.9 Å². The van der Waals surface area contributed by atoms with Crippen molar-refractivity contribution in [1.29, 1.82) is 0 Å². The first-order valence-electron chi connectivity index (χ1n) is 8.98. The summed E-state index contributed by atoms with van der Waals surface area (Å²) in [4.78, 5) is 26.8. The highest BCUT2D eigenvalue weighted by atomic mass is 16.2. The molecule has 25 heavy (non-hydrogen) atoms. The predicted octanol–water partition coefficient (Wildman–Crippen LogP) is 3.81. The number of unbranched alkanes of at least 4 members (excludes halogenated alkanes) is 1. The second-order valence-electron chi connectivity index (χ2n) is 6.38. The third-order valence-electron chi connectivity index (χ3n) is 4.57. The Kier molecular flexibility index (Phi) is 5.49. The number of aryl methyl sites for hydroxylation is 1. The molecule has 1 aliphatic heterocycles. The van der Waals surface area contributed by atoms with Crippen LogP contribution in [0.1, 0.15) is 52.5 Å². The van der Waals surface area contributed by atoms with Gasteiger partial charge in [0.1, 0.15) is 0 Å². The molecule has 0 atom stereocenters. The third-order valence-corrected chi connectivity index (χ3v) is 4.57. The van der Waals surface area contributed by atoms with Crippen LogP contribution in [-0.4, -0.2) is 24.9 Å². The van der Waals surface area contributed by atoms with Gasteiger partial charge in [-0.05, 0) is 55.2 Å². The summed E-state index contributed by atoms with van der Waals surface area (Å²) in [5.41, 5.74) is 3.42. The summed E-state index contributed by atoms with van der Waals surface area (Å²) < 4.78 is 0. The van der Waals surface area contributed by atoms with Crippen LogP contribution in [0.2, 0.25) is 0 Å². The Morgan fingerprint density at radius 3 is 2.52 bits per heavy atom. The van der Waals surface area contributed by atoms with Crippen molar-refractivity contribution >= 4 is 17.5 Å². The lowest BCUT2D eigenvalue weighted by molar-refractivity contribution is 0.0949. The van der Waals surface area contributed by atoms with Gasteiger partial charge in [-0.1, -0.05) is 31.5 Å². The molecule has 0 fully saturated rings. The number of hydrogen-bond donors (Lipinski definition) is 1. The number of hydrogen-bond acceptors (Lipinski definition) is 2. The molecular weight excluding hydrogens is 312 g/mol. The summed E-state index contributed by atoms with van der Waals surface area (Å²) in [7, 11) is 0. The Morgan fingerprint density at radius 2 is 1.76 bits per heavy atom. The highest BCUT2D eigenvalue weighted by molar-refractivity contribution is 6.07. The van der Waals surface area contributed by atoms with Crippen molar-refractivity contribution < 1.29 is 9.59 Å². The largest absolute Gasteiger partial charge is 0.352 e. The van der Waals surface area contributed by atoms with E-state index in [0.717, 1.165) is 37.9 Å². The zero-order valence-electron chi connectivity index (χ0n) is 14.6. The number of anilines is 1. The zero-order chi connectivity index (χ0) is 17.6. The Balaban J connectivity index is 1.73. The summed E-state index contributed by atoms with van der Waals surface area (Å²) >= 11 is 0. The number of amides is 2. The quantitative estimate of drug-likeness (QED) is 0.844. The molecule has 0 aliphatic carbocycles. The van der Waals surface area contributed by atoms with Crippen molar-refractivity contribution in [3.8, 4) is 0 Å². The van der Waals surface area contributed by atoms with Crippen LogP contribution in [0, 0.1) is 0 Å². The number of carbonyl (C=O) groups is 2. The van der Waals surface area contributed by atoms with Gasteiger partial charge in [-0.15, -0.1) is 0 Å². The monoisotopic (exact) mass is 336 g/mol. The minimum absolute atomic E-state index is 0.00917. The molecule has 1 N–H and O–H groups in total. The highest BCUT2D eigenvalue weighted by Crippen LogP contribution is 2.28. The van der Waals surface area contributed by atoms with E-state index < -0.39 is 0 Å². The first-order valence-corrected chi connectivity index (χ1v) is 8.98. The van der Waals surface area contributed by atoms with Gasteiger partial charge in [-0.3, -0.25) is 9.59 Å². The Labute approximate surface area is 148 Å². The molecule has 2 aromatic carbocycles. The molecule has 130 valence electrons. The van der Waals surface area contributed by atoms with Crippen LogP contribution in [0.4, 0.5) is 5.69 Å². The fraction of sp³-hybridized carbons (Fsp3) is 0.333. The number of benzene rings is 2. The van der Waals surface area contributed by atoms with E-state index in [2.05, 4.69) is 18.3 Å². The minimum atomic E-state index is -0.0873. The maximum Gasteiger partial charge on any atom is 0.258 e. The van der Waals surface area contributed by atoms with Crippen molar-refractivity contribution in [2.45, 2.75) is 32.6 Å². The molecule has 0 unspecified atom stereocenters. The molecule has 2 amide bonds. The maximum absolute atomic E-state index is 12.9. The molecule has 0 saturated carbocycles. The van der Waals surface area contributed by atoms with Crippen molar-refractivity contribution in [2.24, 2.45) is 0 Å². The van der Waals surface area contributed by atoms with E-state index in [1.54, 1.807) is 24.3 Å². The normalized spacial score (nSPS) is 13.2. The standard InChI is InChI=1S/C21H24N2O2/c1-2-3-14-22-20(24)17-10-12-18(13-11-17)21(25)23-15-6-8-16-7-4-5-9-19(16)23/h4-5,7,9-13H,2-3,6,8,14-15H2,1H3,(H,22,24). The number of fused-ring (bicyclic) bond motifs is 1. The van der Waals surface area contributed by atoms with E-state index in [0.29, 0.717) is 17.7 Å². The molecule has 4 nitrogen and oxygen atoms in total. The van der Waals surface area contributed by atoms with Gasteiger partial charge < -0.3 is 10.2 Å². The first-order chi connectivity index (χ1) is 12.2. The summed E-state index contributed by atoms with van der Waals surface area (Å²) in [5.74, 6) is -0.0964. The summed E-state index contributed by atoms with van der Waals surface area (Å²) in [6, 6.07) is 15.0. The van der Waals surface area contributed by atoms with E-state index in [4.69, 9.17) is 0 Å². The van der Waals surface area contributed by atoms with E-state index in [1.165, 1.54) is 5.56 Å². The van der Waals surface area contributed by atoms with E-state index in [1.807, 2.05) is 23.1 Å². The number of nitrogens with zero attached hydrogens (tertiary/aromatic N) is 1. The molecule has 0 aromatic heterocycles. The maximum atomic E-state index is 12.9. The van der Waals surface area contributed by atoms with Crippen LogP contribution >= 0.6 is 0 Å². The molecule has 0 radical (unpaired) electrons. The van der Waals surface area contributed by atoms with Crippen LogP contribution in [0.25, 0.3) is 0 Å². The van der Waals surface area contributed by atoms with Gasteiger partial charge >= 0.3 is 0 Å². The second kappa shape index (κ2) is 7.97. The molecular formula is C21H24N2O2. The first kappa shape index (κ1) is 17.2. The van der Waals surface area contributed by atoms with Crippen molar-refractivity contribution in [3.05, 3.63) is 65.2 Å².